The van der Waals surface area contributed by atoms with Crippen LogP contribution in [0.2, 0.25) is 0 Å². The summed E-state index contributed by atoms with van der Waals surface area (Å²) in [5.74, 6) is -1.31. The molecule has 0 spiro atoms. The van der Waals surface area contributed by atoms with Crippen LogP contribution in [0.1, 0.15) is 24.3 Å². The Kier molecular flexibility index (Phi) is 4.80. The molecule has 5 nitrogen and oxygen atoms in total. The molecular weight excluding hydrogens is 376 g/mol. The second-order valence-corrected chi connectivity index (χ2v) is 8.33. The topological polar surface area (TPSA) is 79.3 Å². The van der Waals surface area contributed by atoms with Gasteiger partial charge in [0, 0.05) is 11.9 Å². The highest BCUT2D eigenvalue weighted by Gasteiger charge is 2.28. The summed E-state index contributed by atoms with van der Waals surface area (Å²) < 4.78 is 1.00. The summed E-state index contributed by atoms with van der Waals surface area (Å²) in [6.45, 7) is 3.18. The predicted octanol–water partition coefficient (Wildman–Crippen LogP) is 3.47. The lowest BCUT2D eigenvalue weighted by molar-refractivity contribution is -0.146. The van der Waals surface area contributed by atoms with Crippen LogP contribution in [0.3, 0.4) is 0 Å². The fraction of sp³-hybridized carbons (Fsp3) is 0.308. The molecule has 1 amide bonds. The van der Waals surface area contributed by atoms with Crippen LogP contribution in [0.5, 0.6) is 0 Å². The van der Waals surface area contributed by atoms with Crippen LogP contribution in [-0.4, -0.2) is 28.5 Å². The van der Waals surface area contributed by atoms with E-state index in [1.165, 1.54) is 11.3 Å². The van der Waals surface area contributed by atoms with Crippen molar-refractivity contribution in [2.75, 3.05) is 6.54 Å². The number of carbonyl (C=O) groups is 2. The number of aliphatic carboxylic acids is 1. The van der Waals surface area contributed by atoms with Crippen molar-refractivity contribution < 1.29 is 14.7 Å². The third-order valence-corrected chi connectivity index (χ3v) is 5.43. The molecule has 0 bridgehead atoms. The predicted molar refractivity (Wildman–Crippen MR) is 86.9 cm³/mol. The first-order valence-electron chi connectivity index (χ1n) is 6.02. The molecule has 8 heteroatoms. The molecule has 0 atom stereocenters. The fourth-order valence-electron chi connectivity index (χ4n) is 1.39. The van der Waals surface area contributed by atoms with Crippen molar-refractivity contribution in [2.45, 2.75) is 13.8 Å². The van der Waals surface area contributed by atoms with Crippen LogP contribution in [0.4, 0.5) is 0 Å². The number of carboxylic acids is 1. The number of hydrogen-bond acceptors (Lipinski definition) is 5. The summed E-state index contributed by atoms with van der Waals surface area (Å²) in [4.78, 5) is 28.3. The van der Waals surface area contributed by atoms with Gasteiger partial charge < -0.3 is 10.4 Å². The molecular formula is C13H13BrN2O3S2. The summed E-state index contributed by atoms with van der Waals surface area (Å²) in [5, 5.41) is 14.1. The van der Waals surface area contributed by atoms with Crippen molar-refractivity contribution in [2.24, 2.45) is 5.41 Å². The van der Waals surface area contributed by atoms with E-state index in [0.29, 0.717) is 5.69 Å². The van der Waals surface area contributed by atoms with Gasteiger partial charge in [0.1, 0.15) is 10.7 Å². The SMILES string of the molecule is CC(C)(CNC(=O)c1csc(-c2ccc(Br)s2)n1)C(=O)O. The molecule has 2 N–H and O–H groups in total. The molecule has 0 fully saturated rings. The molecule has 0 aromatic carbocycles. The lowest BCUT2D eigenvalue weighted by Gasteiger charge is -2.18. The van der Waals surface area contributed by atoms with E-state index in [1.54, 1.807) is 30.6 Å². The molecule has 0 aliphatic heterocycles. The second kappa shape index (κ2) is 6.25. The maximum atomic E-state index is 12.0. The number of thiophene rings is 1. The van der Waals surface area contributed by atoms with Crippen molar-refractivity contribution in [3.63, 3.8) is 0 Å². The van der Waals surface area contributed by atoms with Crippen LogP contribution in [0.25, 0.3) is 9.88 Å². The van der Waals surface area contributed by atoms with Crippen LogP contribution < -0.4 is 5.32 Å². The smallest absolute Gasteiger partial charge is 0.310 e. The fourth-order valence-corrected chi connectivity index (χ4v) is 3.65. The van der Waals surface area contributed by atoms with Crippen LogP contribution >= 0.6 is 38.6 Å². The van der Waals surface area contributed by atoms with Gasteiger partial charge in [-0.3, -0.25) is 9.59 Å². The Bertz CT molecular complexity index is 679. The van der Waals surface area contributed by atoms with Crippen molar-refractivity contribution in [3.05, 3.63) is 27.0 Å². The number of thiazole rings is 1. The number of carbonyl (C=O) groups excluding carboxylic acids is 1. The van der Waals surface area contributed by atoms with Crippen LogP contribution in [0.15, 0.2) is 21.3 Å². The Labute approximate surface area is 138 Å². The highest BCUT2D eigenvalue weighted by Crippen LogP contribution is 2.33. The van der Waals surface area contributed by atoms with E-state index in [2.05, 4.69) is 26.2 Å². The first-order valence-corrected chi connectivity index (χ1v) is 8.51. The number of rotatable bonds is 5. The number of nitrogens with zero attached hydrogens (tertiary/aromatic N) is 1. The molecule has 0 aliphatic rings. The average Bonchev–Trinajstić information content (AvgIpc) is 3.04. The molecule has 2 aromatic rings. The lowest BCUT2D eigenvalue weighted by Crippen LogP contribution is -2.39. The maximum absolute atomic E-state index is 12.0. The van der Waals surface area contributed by atoms with E-state index >= 15 is 0 Å². The maximum Gasteiger partial charge on any atom is 0.310 e. The summed E-state index contributed by atoms with van der Waals surface area (Å²) >= 11 is 6.31. The minimum Gasteiger partial charge on any atom is -0.481 e. The average molecular weight is 389 g/mol. The number of amides is 1. The third-order valence-electron chi connectivity index (χ3n) is 2.79. The van der Waals surface area contributed by atoms with Gasteiger partial charge in [0.25, 0.3) is 5.91 Å². The minimum atomic E-state index is -1.01. The quantitative estimate of drug-likeness (QED) is 0.821. The first-order chi connectivity index (χ1) is 9.79. The standard InChI is InChI=1S/C13H13BrN2O3S2/c1-13(2,12(18)19)6-15-10(17)7-5-20-11(16-7)8-3-4-9(14)21-8/h3-5H,6H2,1-2H3,(H,15,17)(H,18,19). The van der Waals surface area contributed by atoms with E-state index in [9.17, 15) is 9.59 Å². The van der Waals surface area contributed by atoms with Gasteiger partial charge in [-0.05, 0) is 41.9 Å². The molecule has 0 saturated heterocycles. The Morgan fingerprint density at radius 3 is 2.71 bits per heavy atom. The Hall–Kier alpha value is -1.25. The largest absolute Gasteiger partial charge is 0.481 e. The number of carboxylic acid groups (broad SMARTS) is 1. The Morgan fingerprint density at radius 2 is 2.14 bits per heavy atom. The van der Waals surface area contributed by atoms with Crippen molar-refractivity contribution in [3.8, 4) is 9.88 Å². The molecule has 0 saturated carbocycles. The summed E-state index contributed by atoms with van der Waals surface area (Å²) in [6, 6.07) is 3.86. The zero-order valence-electron chi connectivity index (χ0n) is 11.3. The molecule has 112 valence electrons. The Balaban J connectivity index is 2.04. The Morgan fingerprint density at radius 1 is 1.43 bits per heavy atom. The second-order valence-electron chi connectivity index (χ2n) is 5.01. The molecule has 2 rings (SSSR count). The van der Waals surface area contributed by atoms with Gasteiger partial charge in [-0.15, -0.1) is 22.7 Å². The molecule has 21 heavy (non-hydrogen) atoms. The number of aromatic nitrogens is 1. The van der Waals surface area contributed by atoms with Gasteiger partial charge in [-0.25, -0.2) is 4.98 Å². The van der Waals surface area contributed by atoms with Crippen molar-refractivity contribution in [1.29, 1.82) is 0 Å². The van der Waals surface area contributed by atoms with Crippen molar-refractivity contribution in [1.82, 2.24) is 10.3 Å². The molecule has 0 radical (unpaired) electrons. The van der Waals surface area contributed by atoms with Gasteiger partial charge in [-0.2, -0.15) is 0 Å². The summed E-state index contributed by atoms with van der Waals surface area (Å²) in [7, 11) is 0. The monoisotopic (exact) mass is 388 g/mol. The van der Waals surface area contributed by atoms with E-state index < -0.39 is 11.4 Å². The lowest BCUT2D eigenvalue weighted by atomic mass is 9.94. The number of halogens is 1. The van der Waals surface area contributed by atoms with Gasteiger partial charge in [0.2, 0.25) is 0 Å². The minimum absolute atomic E-state index is 0.0541. The van der Waals surface area contributed by atoms with Crippen molar-refractivity contribution >= 4 is 50.5 Å². The molecule has 2 heterocycles. The molecule has 2 aromatic heterocycles. The normalized spacial score (nSPS) is 11.4. The van der Waals surface area contributed by atoms with E-state index in [-0.39, 0.29) is 12.5 Å². The van der Waals surface area contributed by atoms with Crippen LogP contribution in [-0.2, 0) is 4.79 Å². The third kappa shape index (κ3) is 3.90. The zero-order valence-corrected chi connectivity index (χ0v) is 14.6. The van der Waals surface area contributed by atoms with Gasteiger partial charge in [-0.1, -0.05) is 0 Å². The highest BCUT2D eigenvalue weighted by molar-refractivity contribution is 9.11. The van der Waals surface area contributed by atoms with Gasteiger partial charge in [0.15, 0.2) is 0 Å². The highest BCUT2D eigenvalue weighted by atomic mass is 79.9. The summed E-state index contributed by atoms with van der Waals surface area (Å²) in [5.41, 5.74) is -0.701. The molecule has 0 aliphatic carbocycles. The van der Waals surface area contributed by atoms with Gasteiger partial charge in [0.05, 0.1) is 14.1 Å². The van der Waals surface area contributed by atoms with Gasteiger partial charge >= 0.3 is 5.97 Å². The van der Waals surface area contributed by atoms with Crippen LogP contribution in [0, 0.1) is 5.41 Å². The molecule has 0 unspecified atom stereocenters. The number of hydrogen-bond donors (Lipinski definition) is 2. The summed E-state index contributed by atoms with van der Waals surface area (Å²) in [6.07, 6.45) is 0. The first kappa shape index (κ1) is 16.1. The van der Waals surface area contributed by atoms with E-state index in [0.717, 1.165) is 13.7 Å². The van der Waals surface area contributed by atoms with E-state index in [4.69, 9.17) is 5.11 Å². The number of nitrogens with one attached hydrogen (secondary N) is 1. The van der Waals surface area contributed by atoms with E-state index in [1.807, 2.05) is 12.1 Å². The zero-order chi connectivity index (χ0) is 15.6.